The van der Waals surface area contributed by atoms with Crippen LogP contribution in [0.1, 0.15) is 28.2 Å². The van der Waals surface area contributed by atoms with Gasteiger partial charge in [0.25, 0.3) is 11.1 Å². The number of fused-ring (bicyclic) bond motifs is 2. The number of sulfone groups is 1. The van der Waals surface area contributed by atoms with Gasteiger partial charge in [-0.05, 0) is 118 Å². The molecule has 0 saturated carbocycles. The van der Waals surface area contributed by atoms with Crippen LogP contribution in [-0.4, -0.2) is 75.0 Å². The zero-order chi connectivity index (χ0) is 55.2. The van der Waals surface area contributed by atoms with Gasteiger partial charge in [0.2, 0.25) is 20.9 Å². The number of ether oxygens (including phenoxy) is 3. The van der Waals surface area contributed by atoms with E-state index >= 15 is 0 Å². The van der Waals surface area contributed by atoms with Crippen molar-refractivity contribution in [3.63, 3.8) is 0 Å². The number of nitrogens with two attached hydrogens (primary N) is 2. The van der Waals surface area contributed by atoms with Crippen molar-refractivity contribution < 1.29 is 36.2 Å². The van der Waals surface area contributed by atoms with E-state index in [2.05, 4.69) is 40.8 Å². The Morgan fingerprint density at radius 2 is 1.16 bits per heavy atom. The molecule has 6 N–H and O–H groups in total. The SMILES string of the molecule is C.CC(C)(C)OC(=O)Nc1cccc(-n2c(=O)c(Oc3ccc(F)cc3)cc3cnc(S(C)(=O)=O)nc32)c1.Cl.Cn1cc(N)cn1.Cn1cc(Nc2ncc3cc(Oc4ccc(F)cc4)c(=O)n(-c4cccc(N)c4)c3n2)cn1. The highest BCUT2D eigenvalue weighted by Gasteiger charge is 2.21. The maximum absolute atomic E-state index is 13.6. The van der Waals surface area contributed by atoms with Gasteiger partial charge in [-0.15, -0.1) is 12.4 Å². The van der Waals surface area contributed by atoms with Crippen LogP contribution >= 0.6 is 12.4 Å². The summed E-state index contributed by atoms with van der Waals surface area (Å²) in [6.45, 7) is 5.17. The number of benzene rings is 4. The van der Waals surface area contributed by atoms with E-state index < -0.39 is 49.4 Å². The molecule has 0 aliphatic heterocycles. The minimum absolute atomic E-state index is 0. The molecule has 6 aromatic heterocycles. The van der Waals surface area contributed by atoms with Gasteiger partial charge in [-0.2, -0.15) is 20.2 Å². The van der Waals surface area contributed by atoms with Crippen LogP contribution < -0.4 is 42.7 Å². The number of hydrogen-bond donors (Lipinski definition) is 4. The lowest BCUT2D eigenvalue weighted by molar-refractivity contribution is 0.0636. The molecule has 22 nitrogen and oxygen atoms in total. The molecule has 10 aromatic rings. The molecular formula is C53H53ClF2N14O8S. The predicted octanol–water partition coefficient (Wildman–Crippen LogP) is 9.29. The number of amides is 1. The van der Waals surface area contributed by atoms with E-state index in [1.165, 1.54) is 71.4 Å². The van der Waals surface area contributed by atoms with Gasteiger partial charge >= 0.3 is 6.09 Å². The molecular weight excluding hydrogens is 1070 g/mol. The minimum atomic E-state index is -3.79. The van der Waals surface area contributed by atoms with E-state index in [0.717, 1.165) is 10.8 Å². The van der Waals surface area contributed by atoms with Crippen LogP contribution in [0.3, 0.4) is 0 Å². The van der Waals surface area contributed by atoms with Gasteiger partial charge in [-0.3, -0.25) is 33.4 Å². The Balaban J connectivity index is 0.000000222. The summed E-state index contributed by atoms with van der Waals surface area (Å²) < 4.78 is 73.4. The van der Waals surface area contributed by atoms with Crippen LogP contribution in [0.5, 0.6) is 23.0 Å². The molecule has 26 heteroatoms. The van der Waals surface area contributed by atoms with E-state index in [1.54, 1.807) is 117 Å². The first-order chi connectivity index (χ1) is 36.5. The van der Waals surface area contributed by atoms with Crippen LogP contribution in [0, 0.1) is 11.6 Å². The Labute approximate surface area is 456 Å². The molecule has 0 radical (unpaired) electrons. The minimum Gasteiger partial charge on any atom is -0.452 e. The lowest BCUT2D eigenvalue weighted by Gasteiger charge is -2.20. The molecule has 1 amide bonds. The topological polar surface area (TPSA) is 286 Å². The van der Waals surface area contributed by atoms with Gasteiger partial charge in [-0.25, -0.2) is 32.0 Å². The second-order valence-electron chi connectivity index (χ2n) is 17.8. The molecule has 0 unspecified atom stereocenters. The number of hydrogen-bond acceptors (Lipinski definition) is 17. The summed E-state index contributed by atoms with van der Waals surface area (Å²) in [5.74, 6) is -0.159. The lowest BCUT2D eigenvalue weighted by Crippen LogP contribution is -2.27. The molecule has 0 spiro atoms. The van der Waals surface area contributed by atoms with Gasteiger partial charge in [-0.1, -0.05) is 19.6 Å². The third kappa shape index (κ3) is 15.0. The van der Waals surface area contributed by atoms with E-state index in [1.807, 2.05) is 7.05 Å². The highest BCUT2D eigenvalue weighted by Crippen LogP contribution is 2.28. The maximum atomic E-state index is 13.6. The number of rotatable bonds is 10. The first kappa shape index (κ1) is 58.5. The van der Waals surface area contributed by atoms with E-state index in [9.17, 15) is 31.6 Å². The molecule has 4 aromatic carbocycles. The molecule has 0 saturated heterocycles. The fourth-order valence-corrected chi connectivity index (χ4v) is 7.61. The van der Waals surface area contributed by atoms with Crippen LogP contribution in [0.2, 0.25) is 0 Å². The van der Waals surface area contributed by atoms with Gasteiger partial charge < -0.3 is 31.0 Å². The van der Waals surface area contributed by atoms with Gasteiger partial charge in [0.05, 0.1) is 35.1 Å². The molecule has 0 aliphatic rings. The van der Waals surface area contributed by atoms with E-state index in [0.29, 0.717) is 56.6 Å². The lowest BCUT2D eigenvalue weighted by atomic mass is 10.2. The maximum Gasteiger partial charge on any atom is 0.412 e. The van der Waals surface area contributed by atoms with Gasteiger partial charge in [0.1, 0.15) is 28.7 Å². The zero-order valence-electron chi connectivity index (χ0n) is 42.3. The third-order valence-electron chi connectivity index (χ3n) is 10.4. The molecule has 10 rings (SSSR count). The van der Waals surface area contributed by atoms with Crippen molar-refractivity contribution in [2.24, 2.45) is 14.1 Å². The fraction of sp³-hybridized carbons (Fsp3) is 0.151. The standard InChI is InChI=1S/C25H23FN4O6S.C23H18FN7O2.C4H7N3.CH4.ClH/c1-25(2,3)36-24(32)28-17-6-5-7-18(13-17)30-21-15(14-27-23(29-21)37(4,33)34)12-20(22(30)31)35-19-10-8-16(26)9-11-19;1-30-13-17(12-27-30)28-23-26-11-14-9-20(33-19-7-5-15(24)6-8-19)22(32)31(21(14)29-23)18-4-2-3-16(25)10-18;1-7-3-4(5)2-6-7;;/h5-14H,1-4H3,(H,28,32);2-13H,25H2,1H3,(H,26,28,29);2-3H,5H2,1H3;1H4;1H. The largest absolute Gasteiger partial charge is 0.452 e. The Morgan fingerprint density at radius 3 is 1.65 bits per heavy atom. The van der Waals surface area contributed by atoms with Crippen molar-refractivity contribution in [2.75, 3.05) is 28.4 Å². The fourth-order valence-electron chi connectivity index (χ4n) is 7.12. The summed E-state index contributed by atoms with van der Waals surface area (Å²) in [5, 5.41) is 14.0. The molecule has 6 heterocycles. The van der Waals surface area contributed by atoms with Crippen molar-refractivity contribution in [3.8, 4) is 34.4 Å². The highest BCUT2D eigenvalue weighted by molar-refractivity contribution is 7.90. The number of carbonyl (C=O) groups is 1. The van der Waals surface area contributed by atoms with Crippen LogP contribution in [0.4, 0.5) is 42.3 Å². The number of aromatic nitrogens is 10. The average molecular weight is 1120 g/mol. The quantitative estimate of drug-likeness (QED) is 0.0732. The van der Waals surface area contributed by atoms with Crippen molar-refractivity contribution in [3.05, 3.63) is 179 Å². The van der Waals surface area contributed by atoms with Crippen LogP contribution in [0.15, 0.2) is 161 Å². The van der Waals surface area contributed by atoms with E-state index in [-0.39, 0.29) is 48.4 Å². The second-order valence-corrected chi connectivity index (χ2v) is 19.7. The molecule has 410 valence electrons. The first-order valence-corrected chi connectivity index (χ1v) is 24.8. The van der Waals surface area contributed by atoms with Gasteiger partial charge in [0.15, 0.2) is 22.8 Å². The number of halogens is 3. The predicted molar refractivity (Wildman–Crippen MR) is 299 cm³/mol. The molecule has 0 aliphatic carbocycles. The van der Waals surface area contributed by atoms with Crippen LogP contribution in [-0.2, 0) is 28.7 Å². The zero-order valence-corrected chi connectivity index (χ0v) is 44.0. The number of nitrogen functional groups attached to an aromatic ring is 2. The molecule has 0 fully saturated rings. The van der Waals surface area contributed by atoms with Gasteiger partial charge in [0, 0.05) is 67.3 Å². The normalized spacial score (nSPS) is 10.9. The molecule has 79 heavy (non-hydrogen) atoms. The molecule has 0 atom stereocenters. The number of anilines is 5. The summed E-state index contributed by atoms with van der Waals surface area (Å²) in [5.41, 5.74) is 12.7. The van der Waals surface area contributed by atoms with Crippen molar-refractivity contribution in [2.45, 2.75) is 39.0 Å². The van der Waals surface area contributed by atoms with Crippen molar-refractivity contribution in [1.82, 2.24) is 48.6 Å². The smallest absolute Gasteiger partial charge is 0.412 e. The summed E-state index contributed by atoms with van der Waals surface area (Å²) in [7, 11) is -0.160. The summed E-state index contributed by atoms with van der Waals surface area (Å²) in [4.78, 5) is 56.2. The summed E-state index contributed by atoms with van der Waals surface area (Å²) in [6, 6.07) is 26.5. The summed E-state index contributed by atoms with van der Waals surface area (Å²) in [6.07, 6.45) is 9.87. The third-order valence-corrected chi connectivity index (χ3v) is 11.2. The number of nitrogens with zero attached hydrogens (tertiary/aromatic N) is 10. The Morgan fingerprint density at radius 1 is 0.646 bits per heavy atom. The Hall–Kier alpha value is -9.75. The number of carbonyl (C=O) groups excluding carboxylic acids is 1. The summed E-state index contributed by atoms with van der Waals surface area (Å²) >= 11 is 0. The second kappa shape index (κ2) is 24.5. The average Bonchev–Trinajstić information content (AvgIpc) is 4.12. The van der Waals surface area contributed by atoms with Crippen LogP contribution in [0.25, 0.3) is 33.4 Å². The van der Waals surface area contributed by atoms with E-state index in [4.69, 9.17) is 25.7 Å². The monoisotopic (exact) mass is 1120 g/mol. The number of aryl methyl sites for hydroxylation is 2. The Kier molecular flexibility index (Phi) is 18.1. The highest BCUT2D eigenvalue weighted by atomic mass is 35.5. The molecule has 0 bridgehead atoms. The first-order valence-electron chi connectivity index (χ1n) is 22.9. The number of nitrogens with one attached hydrogen (secondary N) is 2. The van der Waals surface area contributed by atoms with Crippen molar-refractivity contribution in [1.29, 1.82) is 0 Å². The number of pyridine rings is 2. The van der Waals surface area contributed by atoms with Crippen molar-refractivity contribution >= 4 is 79.1 Å². The Bertz CT molecular complexity index is 4020.